The minimum Gasteiger partial charge on any atom is -0.454 e. The van der Waals surface area contributed by atoms with Gasteiger partial charge in [-0.15, -0.1) is 0 Å². The van der Waals surface area contributed by atoms with E-state index in [2.05, 4.69) is 5.32 Å². The number of rotatable bonds is 3. The Kier molecular flexibility index (Phi) is 4.48. The van der Waals surface area contributed by atoms with E-state index in [0.717, 1.165) is 10.6 Å². The van der Waals surface area contributed by atoms with Crippen LogP contribution in [0.4, 0.5) is 10.5 Å². The van der Waals surface area contributed by atoms with Crippen LogP contribution >= 0.6 is 11.6 Å². The molecule has 1 N–H and O–H groups in total. The number of hydrogen-bond acceptors (Lipinski definition) is 5. The number of carbonyl (C=O) groups excluding carboxylic acids is 3. The van der Waals surface area contributed by atoms with E-state index in [4.69, 9.17) is 21.1 Å². The second kappa shape index (κ2) is 7.33. The number of amides is 4. The molecule has 2 aliphatic heterocycles. The molecule has 1 aromatic heterocycles. The zero-order valence-corrected chi connectivity index (χ0v) is 16.6. The molecular formula is C22H14ClN3O5. The number of aromatic nitrogens is 1. The van der Waals surface area contributed by atoms with Crippen LogP contribution in [-0.4, -0.2) is 29.2 Å². The molecule has 0 atom stereocenters. The van der Waals surface area contributed by atoms with Crippen molar-refractivity contribution in [1.82, 2.24) is 9.88 Å². The average Bonchev–Trinajstić information content (AvgIpc) is 3.40. The lowest BCUT2D eigenvalue weighted by Gasteiger charge is -2.26. The van der Waals surface area contributed by atoms with Crippen LogP contribution in [-0.2, 0) is 9.59 Å². The van der Waals surface area contributed by atoms with Crippen molar-refractivity contribution in [1.29, 1.82) is 0 Å². The fourth-order valence-electron chi connectivity index (χ4n) is 3.41. The molecule has 8 nitrogen and oxygen atoms in total. The zero-order chi connectivity index (χ0) is 21.5. The van der Waals surface area contributed by atoms with Crippen LogP contribution in [0.25, 0.3) is 11.8 Å². The van der Waals surface area contributed by atoms with Crippen LogP contribution in [0.2, 0.25) is 5.02 Å². The Balaban J connectivity index is 1.53. The molecule has 31 heavy (non-hydrogen) atoms. The predicted octanol–water partition coefficient (Wildman–Crippen LogP) is 3.53. The van der Waals surface area contributed by atoms with Gasteiger partial charge in [-0.25, -0.2) is 9.69 Å². The molecule has 154 valence electrons. The number of halogens is 1. The van der Waals surface area contributed by atoms with Crippen molar-refractivity contribution in [3.8, 4) is 17.2 Å². The molecule has 0 bridgehead atoms. The molecule has 0 saturated carbocycles. The Labute approximate surface area is 181 Å². The molecule has 3 heterocycles. The first-order chi connectivity index (χ1) is 15.0. The van der Waals surface area contributed by atoms with Gasteiger partial charge in [0.25, 0.3) is 11.8 Å². The molecule has 0 radical (unpaired) electrons. The molecule has 0 spiro atoms. The van der Waals surface area contributed by atoms with Gasteiger partial charge < -0.3 is 14.0 Å². The third-order valence-corrected chi connectivity index (χ3v) is 5.15. The summed E-state index contributed by atoms with van der Waals surface area (Å²) < 4.78 is 12.4. The third-order valence-electron chi connectivity index (χ3n) is 4.89. The summed E-state index contributed by atoms with van der Waals surface area (Å²) in [4.78, 5) is 39.0. The highest BCUT2D eigenvalue weighted by Crippen LogP contribution is 2.36. The van der Waals surface area contributed by atoms with Crippen molar-refractivity contribution in [2.24, 2.45) is 0 Å². The smallest absolute Gasteiger partial charge is 0.335 e. The van der Waals surface area contributed by atoms with E-state index in [1.807, 2.05) is 12.1 Å². The molecule has 0 unspecified atom stereocenters. The van der Waals surface area contributed by atoms with Crippen LogP contribution in [0.15, 0.2) is 66.4 Å². The minimum atomic E-state index is -0.834. The van der Waals surface area contributed by atoms with Gasteiger partial charge in [-0.1, -0.05) is 11.6 Å². The lowest BCUT2D eigenvalue weighted by atomic mass is 10.1. The maximum absolute atomic E-state index is 13.1. The molecule has 3 aromatic rings. The first-order valence-electron chi connectivity index (χ1n) is 9.26. The highest BCUT2D eigenvalue weighted by molar-refractivity contribution is 6.39. The molecule has 1 saturated heterocycles. The van der Waals surface area contributed by atoms with E-state index in [9.17, 15) is 14.4 Å². The molecular weight excluding hydrogens is 422 g/mol. The Morgan fingerprint density at radius 1 is 0.935 bits per heavy atom. The normalized spacial score (nSPS) is 16.7. The van der Waals surface area contributed by atoms with E-state index in [0.29, 0.717) is 22.2 Å². The van der Waals surface area contributed by atoms with E-state index in [-0.39, 0.29) is 18.1 Å². The van der Waals surface area contributed by atoms with Crippen molar-refractivity contribution >= 4 is 41.2 Å². The summed E-state index contributed by atoms with van der Waals surface area (Å²) in [6, 6.07) is 14.5. The topological polar surface area (TPSA) is 89.9 Å². The number of carbonyl (C=O) groups is 3. The number of barbiturate groups is 1. The second-order valence-corrected chi connectivity index (χ2v) is 7.21. The number of nitrogens with zero attached hydrogens (tertiary/aromatic N) is 2. The van der Waals surface area contributed by atoms with Gasteiger partial charge >= 0.3 is 6.03 Å². The van der Waals surface area contributed by atoms with Crippen molar-refractivity contribution in [2.45, 2.75) is 0 Å². The number of hydrogen-bond donors (Lipinski definition) is 1. The van der Waals surface area contributed by atoms with Gasteiger partial charge in [-0.2, -0.15) is 0 Å². The average molecular weight is 436 g/mol. The standard InChI is InChI=1S/C22H14ClN3O5/c23-13-3-5-14(6-4-13)25-9-1-2-15(25)10-17-20(27)24-22(29)26(21(17)28)16-7-8-18-19(11-16)31-12-30-18/h1-11H,12H2,(H,24,27,29). The lowest BCUT2D eigenvalue weighted by molar-refractivity contribution is -0.122. The number of benzene rings is 2. The lowest BCUT2D eigenvalue weighted by Crippen LogP contribution is -2.54. The second-order valence-electron chi connectivity index (χ2n) is 6.77. The van der Waals surface area contributed by atoms with E-state index >= 15 is 0 Å². The van der Waals surface area contributed by atoms with Crippen molar-refractivity contribution in [2.75, 3.05) is 11.7 Å². The van der Waals surface area contributed by atoms with Gasteiger partial charge in [0.2, 0.25) is 6.79 Å². The van der Waals surface area contributed by atoms with Gasteiger partial charge in [0, 0.05) is 28.7 Å². The first kappa shape index (κ1) is 19.0. The SMILES string of the molecule is O=C1NC(=O)N(c2ccc3c(c2)OCO3)C(=O)C1=Cc1cccn1-c1ccc(Cl)cc1. The number of imide groups is 2. The summed E-state index contributed by atoms with van der Waals surface area (Å²) in [6.07, 6.45) is 3.24. The highest BCUT2D eigenvalue weighted by Gasteiger charge is 2.37. The summed E-state index contributed by atoms with van der Waals surface area (Å²) in [6.45, 7) is 0.0598. The molecule has 2 aromatic carbocycles. The van der Waals surface area contributed by atoms with Gasteiger partial charge in [-0.05, 0) is 54.6 Å². The Morgan fingerprint density at radius 3 is 2.48 bits per heavy atom. The van der Waals surface area contributed by atoms with Gasteiger partial charge in [0.05, 0.1) is 5.69 Å². The largest absolute Gasteiger partial charge is 0.454 e. The Hall–Kier alpha value is -4.04. The number of ether oxygens (including phenoxy) is 2. The van der Waals surface area contributed by atoms with Gasteiger partial charge in [-0.3, -0.25) is 14.9 Å². The fraction of sp³-hybridized carbons (Fsp3) is 0.0455. The first-order valence-corrected chi connectivity index (χ1v) is 9.63. The Bertz CT molecular complexity index is 1260. The molecule has 5 rings (SSSR count). The molecule has 9 heteroatoms. The van der Waals surface area contributed by atoms with Crippen LogP contribution in [0.5, 0.6) is 11.5 Å². The maximum atomic E-state index is 13.1. The van der Waals surface area contributed by atoms with Crippen LogP contribution in [0.1, 0.15) is 5.69 Å². The fourth-order valence-corrected chi connectivity index (χ4v) is 3.54. The van der Waals surface area contributed by atoms with Crippen LogP contribution in [0.3, 0.4) is 0 Å². The molecule has 1 fully saturated rings. The number of nitrogens with one attached hydrogen (secondary N) is 1. The summed E-state index contributed by atoms with van der Waals surface area (Å²) in [5, 5.41) is 2.81. The van der Waals surface area contributed by atoms with Crippen LogP contribution < -0.4 is 19.7 Å². The molecule has 4 amide bonds. The maximum Gasteiger partial charge on any atom is 0.335 e. The van der Waals surface area contributed by atoms with Crippen molar-refractivity contribution in [3.63, 3.8) is 0 Å². The zero-order valence-electron chi connectivity index (χ0n) is 15.9. The van der Waals surface area contributed by atoms with Gasteiger partial charge in [0.1, 0.15) is 5.57 Å². The Morgan fingerprint density at radius 2 is 1.68 bits per heavy atom. The van der Waals surface area contributed by atoms with Crippen molar-refractivity contribution in [3.05, 3.63) is 77.1 Å². The monoisotopic (exact) mass is 435 g/mol. The quantitative estimate of drug-likeness (QED) is 0.502. The number of fused-ring (bicyclic) bond motifs is 1. The third kappa shape index (κ3) is 3.32. The summed E-state index contributed by atoms with van der Waals surface area (Å²) in [7, 11) is 0. The molecule has 2 aliphatic rings. The molecule has 0 aliphatic carbocycles. The van der Waals surface area contributed by atoms with Gasteiger partial charge in [0.15, 0.2) is 11.5 Å². The summed E-state index contributed by atoms with van der Waals surface area (Å²) in [5.41, 5.74) is 1.47. The van der Waals surface area contributed by atoms with Crippen LogP contribution in [0, 0.1) is 0 Å². The van der Waals surface area contributed by atoms with E-state index < -0.39 is 17.8 Å². The summed E-state index contributed by atoms with van der Waals surface area (Å²) >= 11 is 5.96. The van der Waals surface area contributed by atoms with E-state index in [1.165, 1.54) is 12.1 Å². The predicted molar refractivity (Wildman–Crippen MR) is 112 cm³/mol. The highest BCUT2D eigenvalue weighted by atomic mass is 35.5. The number of urea groups is 1. The van der Waals surface area contributed by atoms with Crippen molar-refractivity contribution < 1.29 is 23.9 Å². The minimum absolute atomic E-state index is 0.0598. The van der Waals surface area contributed by atoms with E-state index in [1.54, 1.807) is 47.2 Å². The number of anilines is 1. The summed E-state index contributed by atoms with van der Waals surface area (Å²) in [5.74, 6) is -0.578.